The van der Waals surface area contributed by atoms with Crippen molar-refractivity contribution in [3.05, 3.63) is 48.0 Å². The summed E-state index contributed by atoms with van der Waals surface area (Å²) in [5.41, 5.74) is 1.59. The second-order valence-corrected chi connectivity index (χ2v) is 4.06. The maximum absolute atomic E-state index is 12.2. The lowest BCUT2D eigenvalue weighted by atomic mass is 9.99. The third kappa shape index (κ3) is 3.09. The molecule has 0 bridgehead atoms. The molecule has 2 rings (SSSR count). The Kier molecular flexibility index (Phi) is 3.36. The molecule has 0 unspecified atom stereocenters. The number of hydrogen-bond acceptors (Lipinski definition) is 2. The summed E-state index contributed by atoms with van der Waals surface area (Å²) >= 11 is 0. The van der Waals surface area contributed by atoms with Gasteiger partial charge in [0.1, 0.15) is 6.54 Å². The van der Waals surface area contributed by atoms with Crippen LogP contribution in [0.3, 0.4) is 0 Å². The van der Waals surface area contributed by atoms with Gasteiger partial charge in [-0.15, -0.1) is 0 Å². The quantitative estimate of drug-likeness (QED) is 0.844. The highest BCUT2D eigenvalue weighted by molar-refractivity contribution is 5.24. The topological polar surface area (TPSA) is 30.7 Å². The Morgan fingerprint density at radius 2 is 1.89 bits per heavy atom. The van der Waals surface area contributed by atoms with E-state index in [9.17, 15) is 13.2 Å². The van der Waals surface area contributed by atoms with E-state index in [1.165, 1.54) is 6.20 Å². The van der Waals surface area contributed by atoms with Crippen molar-refractivity contribution < 1.29 is 13.2 Å². The highest BCUT2D eigenvalue weighted by atomic mass is 19.4. The number of pyridine rings is 1. The van der Waals surface area contributed by atoms with E-state index in [0.29, 0.717) is 5.69 Å². The molecule has 3 nitrogen and oxygen atoms in total. The fourth-order valence-corrected chi connectivity index (χ4v) is 1.70. The Morgan fingerprint density at radius 3 is 2.50 bits per heavy atom. The summed E-state index contributed by atoms with van der Waals surface area (Å²) in [6.45, 7) is 0.839. The molecule has 0 aliphatic heterocycles. The van der Waals surface area contributed by atoms with Crippen LogP contribution in [-0.2, 0) is 6.54 Å². The first-order valence-electron chi connectivity index (χ1n) is 5.46. The van der Waals surface area contributed by atoms with Crippen LogP contribution < -0.4 is 0 Å². The average molecular weight is 255 g/mol. The smallest absolute Gasteiger partial charge is 0.265 e. The first-order valence-corrected chi connectivity index (χ1v) is 5.46. The molecule has 0 fully saturated rings. The van der Waals surface area contributed by atoms with E-state index in [1.54, 1.807) is 18.5 Å². The van der Waals surface area contributed by atoms with Crippen LogP contribution in [0, 0.1) is 0 Å². The minimum absolute atomic E-state index is 0.0533. The van der Waals surface area contributed by atoms with Gasteiger partial charge in [-0.25, -0.2) is 0 Å². The van der Waals surface area contributed by atoms with Crippen molar-refractivity contribution in [3.8, 4) is 0 Å². The minimum atomic E-state index is -4.25. The second kappa shape index (κ2) is 4.80. The van der Waals surface area contributed by atoms with Crippen LogP contribution in [0.2, 0.25) is 0 Å². The van der Waals surface area contributed by atoms with E-state index >= 15 is 0 Å². The molecule has 96 valence electrons. The molecule has 0 saturated heterocycles. The zero-order valence-electron chi connectivity index (χ0n) is 9.72. The van der Waals surface area contributed by atoms with Crippen molar-refractivity contribution >= 4 is 0 Å². The molecule has 6 heteroatoms. The molecule has 2 heterocycles. The Hall–Kier alpha value is -1.85. The monoisotopic (exact) mass is 255 g/mol. The van der Waals surface area contributed by atoms with E-state index in [1.807, 2.05) is 19.1 Å². The van der Waals surface area contributed by atoms with E-state index in [4.69, 9.17) is 0 Å². The fraction of sp³-hybridized carbons (Fsp3) is 0.333. The molecular weight excluding hydrogens is 243 g/mol. The average Bonchev–Trinajstić information content (AvgIpc) is 2.75. The number of alkyl halides is 3. The minimum Gasteiger partial charge on any atom is -0.265 e. The summed E-state index contributed by atoms with van der Waals surface area (Å²) in [5, 5.41) is 3.95. The van der Waals surface area contributed by atoms with Crippen LogP contribution in [0.15, 0.2) is 36.8 Å². The lowest BCUT2D eigenvalue weighted by Crippen LogP contribution is -2.18. The molecular formula is C12H12F3N3. The predicted molar refractivity (Wildman–Crippen MR) is 60.0 cm³/mol. The summed E-state index contributed by atoms with van der Waals surface area (Å²) in [5.74, 6) is -0.0533. The first-order chi connectivity index (χ1) is 8.46. The first kappa shape index (κ1) is 12.6. The van der Waals surface area contributed by atoms with Crippen LogP contribution in [0.5, 0.6) is 0 Å². The zero-order valence-corrected chi connectivity index (χ0v) is 9.72. The molecule has 0 aromatic carbocycles. The van der Waals surface area contributed by atoms with Crippen molar-refractivity contribution in [2.75, 3.05) is 0 Å². The molecule has 0 saturated carbocycles. The highest BCUT2D eigenvalue weighted by Crippen LogP contribution is 2.23. The molecule has 1 atom stereocenters. The third-order valence-corrected chi connectivity index (χ3v) is 2.65. The molecule has 0 aliphatic rings. The van der Waals surface area contributed by atoms with E-state index in [-0.39, 0.29) is 5.92 Å². The van der Waals surface area contributed by atoms with Crippen LogP contribution >= 0.6 is 0 Å². The van der Waals surface area contributed by atoms with Gasteiger partial charge in [-0.3, -0.25) is 9.67 Å². The van der Waals surface area contributed by atoms with Crippen LogP contribution in [0.4, 0.5) is 13.2 Å². The number of rotatable bonds is 3. The Labute approximate surface area is 102 Å². The van der Waals surface area contributed by atoms with Gasteiger partial charge in [0.25, 0.3) is 0 Å². The Bertz CT molecular complexity index is 505. The van der Waals surface area contributed by atoms with E-state index in [0.717, 1.165) is 10.2 Å². The SMILES string of the molecule is C[C@H](c1ccncc1)c1ccn(CC(F)(F)F)n1. The van der Waals surface area contributed by atoms with Gasteiger partial charge in [-0.1, -0.05) is 6.92 Å². The molecule has 2 aromatic heterocycles. The van der Waals surface area contributed by atoms with Gasteiger partial charge < -0.3 is 0 Å². The fourth-order valence-electron chi connectivity index (χ4n) is 1.70. The van der Waals surface area contributed by atoms with Crippen molar-refractivity contribution in [2.24, 2.45) is 0 Å². The molecule has 18 heavy (non-hydrogen) atoms. The van der Waals surface area contributed by atoms with Crippen LogP contribution in [0.1, 0.15) is 24.1 Å². The van der Waals surface area contributed by atoms with Gasteiger partial charge in [0, 0.05) is 24.5 Å². The molecule has 0 amide bonds. The second-order valence-electron chi connectivity index (χ2n) is 4.06. The van der Waals surface area contributed by atoms with Gasteiger partial charge in [0.2, 0.25) is 0 Å². The van der Waals surface area contributed by atoms with Crippen molar-refractivity contribution in [1.29, 1.82) is 0 Å². The number of aromatic nitrogens is 3. The summed E-state index contributed by atoms with van der Waals surface area (Å²) < 4.78 is 37.5. The van der Waals surface area contributed by atoms with Gasteiger partial charge >= 0.3 is 6.18 Å². The molecule has 0 aliphatic carbocycles. The van der Waals surface area contributed by atoms with Crippen molar-refractivity contribution in [2.45, 2.75) is 25.6 Å². The number of nitrogens with zero attached hydrogens (tertiary/aromatic N) is 3. The Balaban J connectivity index is 2.15. The number of hydrogen-bond donors (Lipinski definition) is 0. The molecule has 2 aromatic rings. The summed E-state index contributed by atoms with van der Waals surface area (Å²) in [7, 11) is 0. The lowest BCUT2D eigenvalue weighted by molar-refractivity contribution is -0.142. The van der Waals surface area contributed by atoms with Gasteiger partial charge in [-0.05, 0) is 23.8 Å². The lowest BCUT2D eigenvalue weighted by Gasteiger charge is -2.09. The largest absolute Gasteiger partial charge is 0.408 e. The summed E-state index contributed by atoms with van der Waals surface area (Å²) in [6.07, 6.45) is 0.404. The molecule has 0 spiro atoms. The predicted octanol–water partition coefficient (Wildman–Crippen LogP) is 2.99. The van der Waals surface area contributed by atoms with Crippen molar-refractivity contribution in [3.63, 3.8) is 0 Å². The normalized spacial score (nSPS) is 13.6. The molecule has 0 radical (unpaired) electrons. The van der Waals surface area contributed by atoms with Gasteiger partial charge in [-0.2, -0.15) is 18.3 Å². The van der Waals surface area contributed by atoms with Crippen LogP contribution in [-0.4, -0.2) is 20.9 Å². The standard InChI is InChI=1S/C12H12F3N3/c1-9(10-2-5-16-6-3-10)11-4-7-18(17-11)8-12(13,14)15/h2-7,9H,8H2,1H3/t9-/m1/s1. The van der Waals surface area contributed by atoms with Crippen molar-refractivity contribution in [1.82, 2.24) is 14.8 Å². The highest BCUT2D eigenvalue weighted by Gasteiger charge is 2.28. The molecule has 0 N–H and O–H groups in total. The van der Waals surface area contributed by atoms with E-state index in [2.05, 4.69) is 10.1 Å². The number of halogens is 3. The van der Waals surface area contributed by atoms with Gasteiger partial charge in [0.15, 0.2) is 0 Å². The summed E-state index contributed by atoms with van der Waals surface area (Å²) in [4.78, 5) is 3.90. The van der Waals surface area contributed by atoms with E-state index < -0.39 is 12.7 Å². The van der Waals surface area contributed by atoms with Crippen LogP contribution in [0.25, 0.3) is 0 Å². The Morgan fingerprint density at radius 1 is 1.22 bits per heavy atom. The van der Waals surface area contributed by atoms with Gasteiger partial charge in [0.05, 0.1) is 5.69 Å². The third-order valence-electron chi connectivity index (χ3n) is 2.65. The zero-order chi connectivity index (χ0) is 13.2. The maximum atomic E-state index is 12.2. The summed E-state index contributed by atoms with van der Waals surface area (Å²) in [6, 6.07) is 5.26. The maximum Gasteiger partial charge on any atom is 0.408 e.